The topological polar surface area (TPSA) is 96.2 Å². The summed E-state index contributed by atoms with van der Waals surface area (Å²) in [7, 11) is 0. The Kier molecular flexibility index (Phi) is 4.22. The molecule has 2 aliphatic heterocycles. The van der Waals surface area contributed by atoms with Gasteiger partial charge in [-0.2, -0.15) is 5.10 Å². The quantitative estimate of drug-likeness (QED) is 0.726. The van der Waals surface area contributed by atoms with Crippen molar-refractivity contribution in [2.45, 2.75) is 12.6 Å². The zero-order chi connectivity index (χ0) is 17.9. The normalized spacial score (nSPS) is 19.8. The van der Waals surface area contributed by atoms with Crippen molar-refractivity contribution in [3.05, 3.63) is 36.7 Å². The Hall–Kier alpha value is -3.43. The van der Waals surface area contributed by atoms with Gasteiger partial charge in [0.05, 0.1) is 25.8 Å². The van der Waals surface area contributed by atoms with E-state index in [0.29, 0.717) is 32.6 Å². The van der Waals surface area contributed by atoms with Gasteiger partial charge in [-0.05, 0) is 24.3 Å². The Morgan fingerprint density at radius 1 is 1.19 bits per heavy atom. The van der Waals surface area contributed by atoms with Crippen molar-refractivity contribution in [1.29, 1.82) is 0 Å². The minimum absolute atomic E-state index is 0.271. The fourth-order valence-electron chi connectivity index (χ4n) is 2.92. The van der Waals surface area contributed by atoms with E-state index < -0.39 is 0 Å². The van der Waals surface area contributed by atoms with Crippen molar-refractivity contribution in [3.8, 4) is 0 Å². The first-order valence-electron chi connectivity index (χ1n) is 8.18. The van der Waals surface area contributed by atoms with E-state index in [-0.39, 0.29) is 12.2 Å². The third-order valence-electron chi connectivity index (χ3n) is 4.26. The van der Waals surface area contributed by atoms with Crippen molar-refractivity contribution in [1.82, 2.24) is 20.0 Å². The second kappa shape index (κ2) is 6.82. The molecule has 1 fully saturated rings. The Balaban J connectivity index is 1.42. The number of carbonyl (C=O) groups is 2. The predicted molar refractivity (Wildman–Crippen MR) is 92.7 cm³/mol. The number of nitrogens with zero attached hydrogens (tertiary/aromatic N) is 7. The number of hydrogen-bond acceptors (Lipinski definition) is 7. The third kappa shape index (κ3) is 3.21. The smallest absolute Gasteiger partial charge is 0.414 e. The van der Waals surface area contributed by atoms with E-state index in [4.69, 9.17) is 4.74 Å². The molecule has 0 saturated carbocycles. The molecule has 3 heterocycles. The summed E-state index contributed by atoms with van der Waals surface area (Å²) in [5, 5.41) is 13.0. The van der Waals surface area contributed by atoms with Gasteiger partial charge < -0.3 is 9.64 Å². The Bertz CT molecular complexity index is 806. The second-order valence-electron chi connectivity index (χ2n) is 5.95. The first-order valence-corrected chi connectivity index (χ1v) is 8.18. The lowest BCUT2D eigenvalue weighted by atomic mass is 10.2. The number of rotatable bonds is 5. The molecule has 0 aliphatic carbocycles. The maximum Gasteiger partial charge on any atom is 0.414 e. The molecule has 0 spiro atoms. The lowest BCUT2D eigenvalue weighted by Crippen LogP contribution is -2.37. The van der Waals surface area contributed by atoms with Crippen LogP contribution in [-0.2, 0) is 16.1 Å². The van der Waals surface area contributed by atoms with Crippen LogP contribution in [0, 0.1) is 0 Å². The average Bonchev–Trinajstić information content (AvgIpc) is 3.32. The summed E-state index contributed by atoms with van der Waals surface area (Å²) in [6.07, 6.45) is 5.00. The minimum atomic E-state index is -0.371. The second-order valence-corrected chi connectivity index (χ2v) is 5.95. The van der Waals surface area contributed by atoms with Crippen LogP contribution in [0.5, 0.6) is 0 Å². The predicted octanol–water partition coefficient (Wildman–Crippen LogP) is 0.525. The summed E-state index contributed by atoms with van der Waals surface area (Å²) >= 11 is 0. The zero-order valence-electron chi connectivity index (χ0n) is 13.9. The van der Waals surface area contributed by atoms with Gasteiger partial charge >= 0.3 is 6.09 Å². The molecule has 2 amide bonds. The van der Waals surface area contributed by atoms with E-state index in [1.165, 1.54) is 5.01 Å². The van der Waals surface area contributed by atoms with Gasteiger partial charge in [0.15, 0.2) is 0 Å². The fraction of sp³-hybridized carbons (Fsp3) is 0.312. The molecule has 1 aromatic heterocycles. The lowest BCUT2D eigenvalue weighted by Gasteiger charge is -2.26. The van der Waals surface area contributed by atoms with Crippen LogP contribution in [0.3, 0.4) is 0 Å². The monoisotopic (exact) mass is 355 g/mol. The minimum Gasteiger partial charge on any atom is -0.442 e. The average molecular weight is 355 g/mol. The number of cyclic esters (lactones) is 1. The molecule has 0 N–H and O–H groups in total. The maximum absolute atomic E-state index is 12.2. The van der Waals surface area contributed by atoms with Crippen LogP contribution >= 0.6 is 0 Å². The van der Waals surface area contributed by atoms with E-state index in [2.05, 4.69) is 15.4 Å². The van der Waals surface area contributed by atoms with E-state index in [1.54, 1.807) is 28.3 Å². The highest BCUT2D eigenvalue weighted by molar-refractivity contribution is 5.90. The number of anilines is 2. The van der Waals surface area contributed by atoms with E-state index >= 15 is 0 Å². The SMILES string of the molecule is O=CN1CCN(c2ccc(N3CC(Cn4ccnn4)OC3=O)cc2)C=N1. The largest absolute Gasteiger partial charge is 0.442 e. The molecular formula is C16H17N7O3. The summed E-state index contributed by atoms with van der Waals surface area (Å²) in [5.74, 6) is 0. The van der Waals surface area contributed by atoms with E-state index in [9.17, 15) is 9.59 Å². The summed E-state index contributed by atoms with van der Waals surface area (Å²) in [5.41, 5.74) is 1.71. The molecule has 2 aromatic rings. The molecule has 1 unspecified atom stereocenters. The highest BCUT2D eigenvalue weighted by atomic mass is 16.6. The van der Waals surface area contributed by atoms with Gasteiger partial charge in [0, 0.05) is 24.1 Å². The molecule has 4 rings (SSSR count). The molecule has 1 aromatic carbocycles. The Morgan fingerprint density at radius 2 is 2.00 bits per heavy atom. The highest BCUT2D eigenvalue weighted by Crippen LogP contribution is 2.25. The van der Waals surface area contributed by atoms with Crippen molar-refractivity contribution < 1.29 is 14.3 Å². The van der Waals surface area contributed by atoms with Gasteiger partial charge in [0.1, 0.15) is 12.4 Å². The van der Waals surface area contributed by atoms with Gasteiger partial charge in [-0.25, -0.2) is 14.5 Å². The van der Waals surface area contributed by atoms with Gasteiger partial charge in [-0.1, -0.05) is 5.21 Å². The van der Waals surface area contributed by atoms with Crippen LogP contribution < -0.4 is 9.80 Å². The molecule has 1 saturated heterocycles. The van der Waals surface area contributed by atoms with E-state index in [0.717, 1.165) is 11.4 Å². The van der Waals surface area contributed by atoms with Crippen LogP contribution in [0.15, 0.2) is 41.8 Å². The fourth-order valence-corrected chi connectivity index (χ4v) is 2.92. The van der Waals surface area contributed by atoms with Crippen LogP contribution in [-0.4, -0.2) is 64.6 Å². The Morgan fingerprint density at radius 3 is 2.65 bits per heavy atom. The number of ether oxygens (including phenoxy) is 1. The Labute approximate surface area is 149 Å². The standard InChI is InChI=1S/C16H17N7O3/c24-12-22-8-7-20(11-18-22)13-1-3-14(4-2-13)23-10-15(26-16(23)25)9-21-6-5-17-19-21/h1-6,11-12,15H,7-10H2. The van der Waals surface area contributed by atoms with E-state index in [1.807, 2.05) is 29.2 Å². The van der Waals surface area contributed by atoms with Crippen LogP contribution in [0.25, 0.3) is 0 Å². The zero-order valence-corrected chi connectivity index (χ0v) is 13.9. The summed E-state index contributed by atoms with van der Waals surface area (Å²) in [6, 6.07) is 7.56. The van der Waals surface area contributed by atoms with Gasteiger partial charge in [0.25, 0.3) is 0 Å². The van der Waals surface area contributed by atoms with Gasteiger partial charge in [-0.15, -0.1) is 5.10 Å². The van der Waals surface area contributed by atoms with Crippen molar-refractivity contribution in [3.63, 3.8) is 0 Å². The first-order chi connectivity index (χ1) is 12.7. The number of aromatic nitrogens is 3. The molecule has 10 nitrogen and oxygen atoms in total. The number of amides is 2. The lowest BCUT2D eigenvalue weighted by molar-refractivity contribution is -0.118. The molecule has 2 aliphatic rings. The number of hydrazone groups is 1. The van der Waals surface area contributed by atoms with Crippen molar-refractivity contribution in [2.24, 2.45) is 5.10 Å². The maximum atomic E-state index is 12.2. The van der Waals surface area contributed by atoms with Gasteiger partial charge in [0.2, 0.25) is 6.41 Å². The first kappa shape index (κ1) is 16.1. The molecule has 10 heteroatoms. The molecule has 134 valence electrons. The molecule has 0 bridgehead atoms. The van der Waals surface area contributed by atoms with Crippen molar-refractivity contribution in [2.75, 3.05) is 29.4 Å². The van der Waals surface area contributed by atoms with Gasteiger partial charge in [-0.3, -0.25) is 9.69 Å². The molecular weight excluding hydrogens is 338 g/mol. The third-order valence-corrected chi connectivity index (χ3v) is 4.26. The highest BCUT2D eigenvalue weighted by Gasteiger charge is 2.32. The molecule has 26 heavy (non-hydrogen) atoms. The van der Waals surface area contributed by atoms with Crippen LogP contribution in [0.4, 0.5) is 16.2 Å². The summed E-state index contributed by atoms with van der Waals surface area (Å²) in [4.78, 5) is 26.4. The van der Waals surface area contributed by atoms with Crippen molar-refractivity contribution >= 4 is 30.2 Å². The summed E-state index contributed by atoms with van der Waals surface area (Å²) in [6.45, 7) is 2.12. The van der Waals surface area contributed by atoms with Crippen LogP contribution in [0.1, 0.15) is 0 Å². The number of carbonyl (C=O) groups excluding carboxylic acids is 2. The number of hydrogen-bond donors (Lipinski definition) is 0. The summed E-state index contributed by atoms with van der Waals surface area (Å²) < 4.78 is 7.04. The molecule has 1 atom stereocenters. The van der Waals surface area contributed by atoms with Crippen LogP contribution in [0.2, 0.25) is 0 Å². The number of benzene rings is 1. The molecule has 0 radical (unpaired) electrons.